The number of amides is 1. The fraction of sp³-hybridized carbons (Fsp3) is 0.188. The van der Waals surface area contributed by atoms with Crippen LogP contribution in [0.1, 0.15) is 15.9 Å². The van der Waals surface area contributed by atoms with Crippen molar-refractivity contribution in [2.75, 3.05) is 13.1 Å². The Kier molecular flexibility index (Phi) is 5.36. The third-order valence-electron chi connectivity index (χ3n) is 3.10. The fourth-order valence-corrected chi connectivity index (χ4v) is 2.29. The monoisotopic (exact) mass is 348 g/mol. The van der Waals surface area contributed by atoms with Gasteiger partial charge in [-0.25, -0.2) is 0 Å². The third kappa shape index (κ3) is 4.06. The van der Waals surface area contributed by atoms with Crippen LogP contribution in [-0.4, -0.2) is 29.0 Å². The summed E-state index contributed by atoms with van der Waals surface area (Å²) in [6, 6.07) is 14.5. The molecule has 2 aromatic rings. The minimum Gasteiger partial charge on any atom is -0.507 e. The van der Waals surface area contributed by atoms with Crippen molar-refractivity contribution >= 4 is 21.8 Å². The zero-order chi connectivity index (χ0) is 15.2. The highest BCUT2D eigenvalue weighted by molar-refractivity contribution is 9.10. The molecule has 0 saturated carbocycles. The number of benzene rings is 2. The summed E-state index contributed by atoms with van der Waals surface area (Å²) in [5.41, 5.74) is 7.09. The second-order valence-electron chi connectivity index (χ2n) is 4.67. The molecule has 0 aliphatic rings. The second-order valence-corrected chi connectivity index (χ2v) is 5.52. The molecule has 0 saturated heterocycles. The number of hydrogen-bond acceptors (Lipinski definition) is 3. The van der Waals surface area contributed by atoms with Crippen LogP contribution in [0.5, 0.6) is 5.75 Å². The summed E-state index contributed by atoms with van der Waals surface area (Å²) in [4.78, 5) is 14.2. The zero-order valence-electron chi connectivity index (χ0n) is 11.5. The average Bonchev–Trinajstić information content (AvgIpc) is 2.50. The largest absolute Gasteiger partial charge is 0.507 e. The topological polar surface area (TPSA) is 66.6 Å². The van der Waals surface area contributed by atoms with Crippen LogP contribution >= 0.6 is 15.9 Å². The Morgan fingerprint density at radius 3 is 2.52 bits per heavy atom. The number of nitrogens with zero attached hydrogens (tertiary/aromatic N) is 1. The summed E-state index contributed by atoms with van der Waals surface area (Å²) in [5, 5.41) is 9.71. The number of carbonyl (C=O) groups excluding carboxylic acids is 1. The van der Waals surface area contributed by atoms with E-state index in [2.05, 4.69) is 15.9 Å². The van der Waals surface area contributed by atoms with Gasteiger partial charge in [-0.2, -0.15) is 0 Å². The lowest BCUT2D eigenvalue weighted by molar-refractivity contribution is 0.0748. The van der Waals surface area contributed by atoms with Crippen LogP contribution in [0, 0.1) is 0 Å². The predicted molar refractivity (Wildman–Crippen MR) is 86.0 cm³/mol. The average molecular weight is 349 g/mol. The first-order valence-corrected chi connectivity index (χ1v) is 7.43. The molecular weight excluding hydrogens is 332 g/mol. The standard InChI is InChI=1S/C16H17BrN2O2/c17-14-7-6-13(10-15(14)20)16(21)19(9-8-18)11-12-4-2-1-3-5-12/h1-7,10,20H,8-9,11,18H2. The first-order valence-electron chi connectivity index (χ1n) is 6.63. The van der Waals surface area contributed by atoms with Crippen LogP contribution in [0.15, 0.2) is 53.0 Å². The van der Waals surface area contributed by atoms with Gasteiger partial charge in [-0.3, -0.25) is 4.79 Å². The quantitative estimate of drug-likeness (QED) is 0.872. The molecular formula is C16H17BrN2O2. The van der Waals surface area contributed by atoms with E-state index in [-0.39, 0.29) is 11.7 Å². The van der Waals surface area contributed by atoms with Crippen molar-refractivity contribution in [3.8, 4) is 5.75 Å². The van der Waals surface area contributed by atoms with Gasteiger partial charge in [-0.05, 0) is 39.7 Å². The Balaban J connectivity index is 2.20. The molecule has 0 atom stereocenters. The van der Waals surface area contributed by atoms with E-state index in [1.54, 1.807) is 17.0 Å². The number of phenols is 1. The highest BCUT2D eigenvalue weighted by Gasteiger charge is 2.16. The summed E-state index contributed by atoms with van der Waals surface area (Å²) in [6.07, 6.45) is 0. The maximum Gasteiger partial charge on any atom is 0.254 e. The Hall–Kier alpha value is -1.85. The molecule has 5 heteroatoms. The van der Waals surface area contributed by atoms with Gasteiger partial charge in [-0.15, -0.1) is 0 Å². The summed E-state index contributed by atoms with van der Waals surface area (Å²) < 4.78 is 0.562. The van der Waals surface area contributed by atoms with Crippen molar-refractivity contribution in [2.24, 2.45) is 5.73 Å². The summed E-state index contributed by atoms with van der Waals surface area (Å²) in [7, 11) is 0. The molecule has 0 aromatic heterocycles. The Bertz CT molecular complexity index is 617. The molecule has 0 heterocycles. The molecule has 21 heavy (non-hydrogen) atoms. The molecule has 0 aliphatic carbocycles. The van der Waals surface area contributed by atoms with E-state index in [0.29, 0.717) is 29.7 Å². The van der Waals surface area contributed by atoms with Crippen molar-refractivity contribution in [1.29, 1.82) is 0 Å². The molecule has 0 aliphatic heterocycles. The normalized spacial score (nSPS) is 10.4. The van der Waals surface area contributed by atoms with Gasteiger partial charge in [0.1, 0.15) is 5.75 Å². The van der Waals surface area contributed by atoms with Crippen LogP contribution in [0.3, 0.4) is 0 Å². The Labute approximate surface area is 132 Å². The maximum atomic E-state index is 12.5. The minimum atomic E-state index is -0.146. The van der Waals surface area contributed by atoms with Gasteiger partial charge in [0.2, 0.25) is 0 Å². The SMILES string of the molecule is NCCN(Cc1ccccc1)C(=O)c1ccc(Br)c(O)c1. The molecule has 2 rings (SSSR count). The smallest absolute Gasteiger partial charge is 0.254 e. The first kappa shape index (κ1) is 15.5. The van der Waals surface area contributed by atoms with E-state index in [9.17, 15) is 9.90 Å². The van der Waals surface area contributed by atoms with Crippen LogP contribution in [0.25, 0.3) is 0 Å². The van der Waals surface area contributed by atoms with Gasteiger partial charge in [0.15, 0.2) is 0 Å². The number of carbonyl (C=O) groups is 1. The first-order chi connectivity index (χ1) is 10.1. The molecule has 0 radical (unpaired) electrons. The van der Waals surface area contributed by atoms with Crippen molar-refractivity contribution in [3.05, 3.63) is 64.1 Å². The number of rotatable bonds is 5. The van der Waals surface area contributed by atoms with E-state index < -0.39 is 0 Å². The zero-order valence-corrected chi connectivity index (χ0v) is 13.1. The molecule has 0 fully saturated rings. The van der Waals surface area contributed by atoms with Crippen LogP contribution in [0.4, 0.5) is 0 Å². The van der Waals surface area contributed by atoms with E-state index in [4.69, 9.17) is 5.73 Å². The summed E-state index contributed by atoms with van der Waals surface area (Å²) >= 11 is 3.21. The van der Waals surface area contributed by atoms with Crippen molar-refractivity contribution in [3.63, 3.8) is 0 Å². The summed E-state index contributed by atoms with van der Waals surface area (Å²) in [5.74, 6) is -0.0969. The van der Waals surface area contributed by atoms with Crippen molar-refractivity contribution < 1.29 is 9.90 Å². The van der Waals surface area contributed by atoms with Gasteiger partial charge in [0, 0.05) is 25.2 Å². The van der Waals surface area contributed by atoms with Crippen LogP contribution in [0.2, 0.25) is 0 Å². The van der Waals surface area contributed by atoms with Gasteiger partial charge in [0.05, 0.1) is 4.47 Å². The lowest BCUT2D eigenvalue weighted by Crippen LogP contribution is -2.34. The van der Waals surface area contributed by atoms with Gasteiger partial charge >= 0.3 is 0 Å². The van der Waals surface area contributed by atoms with Crippen molar-refractivity contribution in [2.45, 2.75) is 6.54 Å². The molecule has 0 unspecified atom stereocenters. The van der Waals surface area contributed by atoms with Gasteiger partial charge in [-0.1, -0.05) is 30.3 Å². The number of nitrogens with two attached hydrogens (primary N) is 1. The third-order valence-corrected chi connectivity index (χ3v) is 3.77. The minimum absolute atomic E-state index is 0.0493. The lowest BCUT2D eigenvalue weighted by atomic mass is 10.1. The van der Waals surface area contributed by atoms with E-state index in [1.165, 1.54) is 6.07 Å². The summed E-state index contributed by atoms with van der Waals surface area (Å²) in [6.45, 7) is 1.35. The predicted octanol–water partition coefficient (Wildman–Crippen LogP) is 2.76. The van der Waals surface area contributed by atoms with Crippen LogP contribution < -0.4 is 5.73 Å². The van der Waals surface area contributed by atoms with Crippen molar-refractivity contribution in [1.82, 2.24) is 4.90 Å². The Morgan fingerprint density at radius 2 is 1.90 bits per heavy atom. The molecule has 1 amide bonds. The van der Waals surface area contributed by atoms with Crippen LogP contribution in [-0.2, 0) is 6.54 Å². The highest BCUT2D eigenvalue weighted by Crippen LogP contribution is 2.25. The lowest BCUT2D eigenvalue weighted by Gasteiger charge is -2.22. The Morgan fingerprint density at radius 1 is 1.19 bits per heavy atom. The van der Waals surface area contributed by atoms with E-state index in [0.717, 1.165) is 5.56 Å². The molecule has 0 bridgehead atoms. The highest BCUT2D eigenvalue weighted by atomic mass is 79.9. The molecule has 110 valence electrons. The number of hydrogen-bond donors (Lipinski definition) is 2. The van der Waals surface area contributed by atoms with Gasteiger partial charge < -0.3 is 15.7 Å². The molecule has 4 nitrogen and oxygen atoms in total. The molecule has 2 aromatic carbocycles. The van der Waals surface area contributed by atoms with Gasteiger partial charge in [0.25, 0.3) is 5.91 Å². The number of phenolic OH excluding ortho intramolecular Hbond substituents is 1. The van der Waals surface area contributed by atoms with E-state index >= 15 is 0 Å². The fourth-order valence-electron chi connectivity index (χ4n) is 2.04. The number of aromatic hydroxyl groups is 1. The molecule has 3 N–H and O–H groups in total. The van der Waals surface area contributed by atoms with E-state index in [1.807, 2.05) is 30.3 Å². The number of halogens is 1. The second kappa shape index (κ2) is 7.24. The maximum absolute atomic E-state index is 12.5. The molecule has 0 spiro atoms.